The highest BCUT2D eigenvalue weighted by molar-refractivity contribution is 6.31. The molecule has 1 heterocycles. The van der Waals surface area contributed by atoms with E-state index in [9.17, 15) is 14.0 Å². The van der Waals surface area contributed by atoms with Crippen LogP contribution in [0.15, 0.2) is 23.0 Å². The fourth-order valence-corrected chi connectivity index (χ4v) is 4.90. The van der Waals surface area contributed by atoms with E-state index in [1.807, 2.05) is 11.8 Å². The predicted octanol–water partition coefficient (Wildman–Crippen LogP) is 4.98. The van der Waals surface area contributed by atoms with Crippen molar-refractivity contribution >= 4 is 23.3 Å². The second-order valence-corrected chi connectivity index (χ2v) is 8.17. The minimum Gasteiger partial charge on any atom is -0.326 e. The molecule has 2 aliphatic rings. The van der Waals surface area contributed by atoms with E-state index in [4.69, 9.17) is 11.6 Å². The number of H-pyrrole nitrogens is 1. The molecule has 5 nitrogen and oxygen atoms in total. The van der Waals surface area contributed by atoms with Crippen LogP contribution in [-0.4, -0.2) is 22.5 Å². The molecule has 2 aromatic rings. The van der Waals surface area contributed by atoms with E-state index in [2.05, 4.69) is 10.3 Å². The Kier molecular flexibility index (Phi) is 5.63. The molecule has 2 amide bonds. The van der Waals surface area contributed by atoms with Gasteiger partial charge in [-0.15, -0.1) is 0 Å². The number of aromatic nitrogens is 1. The van der Waals surface area contributed by atoms with Gasteiger partial charge in [-0.1, -0.05) is 11.6 Å². The van der Waals surface area contributed by atoms with E-state index in [0.717, 1.165) is 67.3 Å². The number of aromatic amines is 1. The molecule has 0 aliphatic heterocycles. The Bertz CT molecular complexity index is 1000. The second-order valence-electron chi connectivity index (χ2n) is 7.76. The lowest BCUT2D eigenvalue weighted by Gasteiger charge is -2.37. The Morgan fingerprint density at radius 1 is 1.24 bits per heavy atom. The molecule has 0 saturated heterocycles. The summed E-state index contributed by atoms with van der Waals surface area (Å²) in [7, 11) is 0. The Morgan fingerprint density at radius 3 is 2.72 bits per heavy atom. The smallest absolute Gasteiger partial charge is 0.322 e. The molecule has 1 aromatic heterocycles. The lowest BCUT2D eigenvalue weighted by atomic mass is 9.80. The van der Waals surface area contributed by atoms with Crippen LogP contribution in [0.1, 0.15) is 61.0 Å². The van der Waals surface area contributed by atoms with Crippen LogP contribution in [0, 0.1) is 5.82 Å². The standard InChI is InChI=1S/C22H25ClFN3O2/c1-2-27(22(29)25-13-10-11-17(24)16(23)12-13)19-9-5-8-18-20(19)14-6-3-4-7-15(14)21(28)26-18/h10-12,19H,2-9H2,1H3,(H,25,29)(H,26,28)/t19-/m0/s1. The third-order valence-electron chi connectivity index (χ3n) is 6.04. The minimum atomic E-state index is -0.520. The number of aryl methyl sites for hydroxylation is 1. The average molecular weight is 418 g/mol. The monoisotopic (exact) mass is 417 g/mol. The number of hydrogen-bond acceptors (Lipinski definition) is 2. The van der Waals surface area contributed by atoms with Gasteiger partial charge in [0.15, 0.2) is 0 Å². The van der Waals surface area contributed by atoms with Gasteiger partial charge in [0.2, 0.25) is 0 Å². The number of nitrogens with zero attached hydrogens (tertiary/aromatic N) is 1. The van der Waals surface area contributed by atoms with Gasteiger partial charge in [-0.05, 0) is 81.2 Å². The molecule has 0 unspecified atom stereocenters. The summed E-state index contributed by atoms with van der Waals surface area (Å²) in [5.74, 6) is -0.520. The number of rotatable bonds is 3. The van der Waals surface area contributed by atoms with Gasteiger partial charge in [0.1, 0.15) is 5.82 Å². The highest BCUT2D eigenvalue weighted by atomic mass is 35.5. The first-order valence-electron chi connectivity index (χ1n) is 10.3. The molecule has 1 aromatic carbocycles. The van der Waals surface area contributed by atoms with Crippen molar-refractivity contribution < 1.29 is 9.18 Å². The number of benzene rings is 1. The van der Waals surface area contributed by atoms with Crippen molar-refractivity contribution in [2.75, 3.05) is 11.9 Å². The fraction of sp³-hybridized carbons (Fsp3) is 0.455. The molecule has 0 fully saturated rings. The second kappa shape index (κ2) is 8.19. The SMILES string of the molecule is CCN(C(=O)Nc1ccc(F)c(Cl)c1)[C@H]1CCCc2[nH]c(=O)c3c(c21)CCCC3. The van der Waals surface area contributed by atoms with Gasteiger partial charge in [-0.3, -0.25) is 4.79 Å². The van der Waals surface area contributed by atoms with Crippen LogP contribution in [-0.2, 0) is 19.3 Å². The Morgan fingerprint density at radius 2 is 2.00 bits per heavy atom. The van der Waals surface area contributed by atoms with Crippen LogP contribution in [0.4, 0.5) is 14.9 Å². The summed E-state index contributed by atoms with van der Waals surface area (Å²) < 4.78 is 13.4. The number of halogens is 2. The summed E-state index contributed by atoms with van der Waals surface area (Å²) in [6.45, 7) is 2.47. The number of pyridine rings is 1. The van der Waals surface area contributed by atoms with Crippen molar-refractivity contribution in [3.63, 3.8) is 0 Å². The third kappa shape index (κ3) is 3.78. The van der Waals surface area contributed by atoms with Gasteiger partial charge in [0, 0.05) is 23.5 Å². The van der Waals surface area contributed by atoms with Gasteiger partial charge in [0.25, 0.3) is 5.56 Å². The average Bonchev–Trinajstić information content (AvgIpc) is 2.71. The number of carbonyl (C=O) groups excluding carboxylic acids is 1. The van der Waals surface area contributed by atoms with Gasteiger partial charge >= 0.3 is 6.03 Å². The maximum Gasteiger partial charge on any atom is 0.322 e. The molecule has 2 aliphatic carbocycles. The van der Waals surface area contributed by atoms with Crippen LogP contribution in [0.2, 0.25) is 5.02 Å². The molecule has 4 rings (SSSR count). The van der Waals surface area contributed by atoms with Gasteiger partial charge < -0.3 is 15.2 Å². The maximum absolute atomic E-state index is 13.4. The van der Waals surface area contributed by atoms with Crippen molar-refractivity contribution in [1.29, 1.82) is 0 Å². The van der Waals surface area contributed by atoms with Gasteiger partial charge in [-0.2, -0.15) is 0 Å². The molecule has 7 heteroatoms. The number of carbonyl (C=O) groups is 1. The lowest BCUT2D eigenvalue weighted by molar-refractivity contribution is 0.183. The molecule has 154 valence electrons. The number of nitrogens with one attached hydrogen (secondary N) is 2. The molecule has 2 N–H and O–H groups in total. The van der Waals surface area contributed by atoms with E-state index in [1.165, 1.54) is 18.2 Å². The molecule has 29 heavy (non-hydrogen) atoms. The number of amides is 2. The van der Waals surface area contributed by atoms with E-state index < -0.39 is 5.82 Å². The lowest BCUT2D eigenvalue weighted by Crippen LogP contribution is -2.41. The predicted molar refractivity (Wildman–Crippen MR) is 112 cm³/mol. The van der Waals surface area contributed by atoms with E-state index in [-0.39, 0.29) is 22.7 Å². The van der Waals surface area contributed by atoms with Crippen molar-refractivity contribution in [3.05, 3.63) is 61.8 Å². The largest absolute Gasteiger partial charge is 0.326 e. The first kappa shape index (κ1) is 20.0. The Hall–Kier alpha value is -2.34. The summed E-state index contributed by atoms with van der Waals surface area (Å²) in [4.78, 5) is 30.5. The summed E-state index contributed by atoms with van der Waals surface area (Å²) in [5, 5.41) is 2.82. The molecule has 0 saturated carbocycles. The molecule has 0 bridgehead atoms. The Balaban J connectivity index is 1.68. The molecular formula is C22H25ClFN3O2. The zero-order valence-electron chi connectivity index (χ0n) is 16.5. The van der Waals surface area contributed by atoms with Crippen molar-refractivity contribution in [1.82, 2.24) is 9.88 Å². The van der Waals surface area contributed by atoms with Gasteiger partial charge in [-0.25, -0.2) is 9.18 Å². The van der Waals surface area contributed by atoms with E-state index in [0.29, 0.717) is 12.2 Å². The van der Waals surface area contributed by atoms with E-state index in [1.54, 1.807) is 0 Å². The maximum atomic E-state index is 13.4. The first-order valence-corrected chi connectivity index (χ1v) is 10.7. The summed E-state index contributed by atoms with van der Waals surface area (Å²) in [5.41, 5.74) is 4.65. The van der Waals surface area contributed by atoms with Crippen LogP contribution >= 0.6 is 11.6 Å². The van der Waals surface area contributed by atoms with Crippen LogP contribution in [0.25, 0.3) is 0 Å². The van der Waals surface area contributed by atoms with Crippen molar-refractivity contribution in [2.24, 2.45) is 0 Å². The first-order chi connectivity index (χ1) is 14.0. The molecular weight excluding hydrogens is 393 g/mol. The molecule has 1 atom stereocenters. The number of fused-ring (bicyclic) bond motifs is 3. The van der Waals surface area contributed by atoms with E-state index >= 15 is 0 Å². The summed E-state index contributed by atoms with van der Waals surface area (Å²) in [6.07, 6.45) is 6.41. The van der Waals surface area contributed by atoms with Crippen molar-refractivity contribution in [2.45, 2.75) is 57.9 Å². The summed E-state index contributed by atoms with van der Waals surface area (Å²) >= 11 is 5.85. The number of hydrogen-bond donors (Lipinski definition) is 2. The minimum absolute atomic E-state index is 0.0273. The van der Waals surface area contributed by atoms with Crippen molar-refractivity contribution in [3.8, 4) is 0 Å². The molecule has 0 radical (unpaired) electrons. The fourth-order valence-electron chi connectivity index (χ4n) is 4.72. The topological polar surface area (TPSA) is 65.2 Å². The normalized spacial score (nSPS) is 18.0. The summed E-state index contributed by atoms with van der Waals surface area (Å²) in [6, 6.07) is 3.83. The Labute approximate surface area is 174 Å². The van der Waals surface area contributed by atoms with Gasteiger partial charge in [0.05, 0.1) is 11.1 Å². The molecule has 0 spiro atoms. The number of urea groups is 1. The third-order valence-corrected chi connectivity index (χ3v) is 6.33. The zero-order chi connectivity index (χ0) is 20.5. The number of anilines is 1. The highest BCUT2D eigenvalue weighted by Gasteiger charge is 2.33. The quantitative estimate of drug-likeness (QED) is 0.739. The van der Waals surface area contributed by atoms with Crippen LogP contribution < -0.4 is 10.9 Å². The zero-order valence-corrected chi connectivity index (χ0v) is 17.2. The highest BCUT2D eigenvalue weighted by Crippen LogP contribution is 2.38. The van der Waals surface area contributed by atoms with Crippen LogP contribution in [0.3, 0.4) is 0 Å². The van der Waals surface area contributed by atoms with Crippen LogP contribution in [0.5, 0.6) is 0 Å².